The fraction of sp³-hybridized carbons (Fsp3) is 0.0667. The third-order valence-electron chi connectivity index (χ3n) is 2.77. The number of nitrogens with one attached hydrogen (secondary N) is 1. The van der Waals surface area contributed by atoms with Gasteiger partial charge in [-0.05, 0) is 18.2 Å². The van der Waals surface area contributed by atoms with Crippen LogP contribution in [-0.2, 0) is 4.79 Å². The molecule has 0 atom stereocenters. The maximum atomic E-state index is 12.5. The zero-order valence-electron chi connectivity index (χ0n) is 10.9. The summed E-state index contributed by atoms with van der Waals surface area (Å²) < 4.78 is -2.13. The van der Waals surface area contributed by atoms with E-state index in [0.717, 1.165) is 0 Å². The number of rotatable bonds is 3. The quantitative estimate of drug-likeness (QED) is 0.612. The van der Waals surface area contributed by atoms with Crippen LogP contribution in [0.5, 0.6) is 0 Å². The molecule has 1 N–H and O–H groups in total. The van der Waals surface area contributed by atoms with E-state index >= 15 is 0 Å². The molecule has 0 saturated heterocycles. The fourth-order valence-corrected chi connectivity index (χ4v) is 2.07. The average Bonchev–Trinajstić information content (AvgIpc) is 2.48. The van der Waals surface area contributed by atoms with Crippen molar-refractivity contribution in [2.45, 2.75) is 3.79 Å². The Morgan fingerprint density at radius 1 is 0.955 bits per heavy atom. The predicted octanol–water partition coefficient (Wildman–Crippen LogP) is 4.88. The first-order valence-electron chi connectivity index (χ1n) is 6.06. The first-order valence-corrected chi connectivity index (χ1v) is 7.57. The van der Waals surface area contributed by atoms with Gasteiger partial charge in [0.25, 0.3) is 9.70 Å². The van der Waals surface area contributed by atoms with Gasteiger partial charge in [0.15, 0.2) is 5.78 Å². The Morgan fingerprint density at radius 2 is 1.59 bits per heavy atom. The number of hydrogen-bond acceptors (Lipinski definition) is 2. The van der Waals surface area contributed by atoms with Gasteiger partial charge in [-0.15, -0.1) is 0 Å². The Kier molecular flexibility index (Phi) is 5.35. The van der Waals surface area contributed by atoms with Gasteiger partial charge in [-0.3, -0.25) is 9.59 Å². The fourth-order valence-electron chi connectivity index (χ4n) is 1.75. The molecule has 0 radical (unpaired) electrons. The molecule has 3 nitrogen and oxygen atoms in total. The van der Waals surface area contributed by atoms with E-state index in [4.69, 9.17) is 46.4 Å². The second-order valence-corrected chi connectivity index (χ2v) is 7.05. The third kappa shape index (κ3) is 4.14. The third-order valence-corrected chi connectivity index (χ3v) is 3.52. The Hall–Kier alpha value is -1.26. The van der Waals surface area contributed by atoms with Crippen LogP contribution in [-0.4, -0.2) is 15.5 Å². The summed E-state index contributed by atoms with van der Waals surface area (Å²) in [5.74, 6) is -1.16. The number of amides is 1. The monoisotopic (exact) mass is 375 g/mol. The van der Waals surface area contributed by atoms with Crippen molar-refractivity contribution in [2.75, 3.05) is 5.32 Å². The highest BCUT2D eigenvalue weighted by Gasteiger charge is 2.31. The van der Waals surface area contributed by atoms with Gasteiger partial charge in [0, 0.05) is 16.1 Å². The van der Waals surface area contributed by atoms with Gasteiger partial charge in [-0.2, -0.15) is 0 Å². The van der Waals surface area contributed by atoms with Crippen molar-refractivity contribution >= 4 is 63.8 Å². The summed E-state index contributed by atoms with van der Waals surface area (Å²) >= 11 is 22.5. The molecular formula is C15H9Cl4NO2. The number of alkyl halides is 3. The molecular weight excluding hydrogens is 368 g/mol. The molecule has 0 heterocycles. The Bertz CT molecular complexity index is 711. The van der Waals surface area contributed by atoms with Gasteiger partial charge >= 0.3 is 0 Å². The van der Waals surface area contributed by atoms with Gasteiger partial charge in [0.1, 0.15) is 0 Å². The van der Waals surface area contributed by atoms with E-state index in [1.54, 1.807) is 30.3 Å². The van der Waals surface area contributed by atoms with E-state index in [1.165, 1.54) is 18.2 Å². The van der Waals surface area contributed by atoms with Gasteiger partial charge in [0.05, 0.1) is 5.69 Å². The molecule has 0 fully saturated rings. The lowest BCUT2D eigenvalue weighted by molar-refractivity contribution is -0.115. The summed E-state index contributed by atoms with van der Waals surface area (Å²) in [7, 11) is 0. The number of carbonyl (C=O) groups is 2. The van der Waals surface area contributed by atoms with Crippen molar-refractivity contribution in [3.63, 3.8) is 0 Å². The van der Waals surface area contributed by atoms with E-state index in [-0.39, 0.29) is 17.0 Å². The van der Waals surface area contributed by atoms with Gasteiger partial charge in [0.2, 0.25) is 0 Å². The highest BCUT2D eigenvalue weighted by molar-refractivity contribution is 6.76. The molecule has 2 rings (SSSR count). The molecule has 2 aromatic carbocycles. The summed E-state index contributed by atoms with van der Waals surface area (Å²) in [6.07, 6.45) is 0. The summed E-state index contributed by atoms with van der Waals surface area (Å²) in [6.45, 7) is 0. The van der Waals surface area contributed by atoms with E-state index in [2.05, 4.69) is 5.32 Å². The molecule has 1 amide bonds. The molecule has 0 spiro atoms. The lowest BCUT2D eigenvalue weighted by Gasteiger charge is -2.14. The van der Waals surface area contributed by atoms with Crippen LogP contribution in [0, 0.1) is 0 Å². The minimum atomic E-state index is -2.13. The number of benzene rings is 2. The average molecular weight is 377 g/mol. The SMILES string of the molecule is O=C(c1ccccc1)c1cc(Cl)ccc1NC(=O)C(Cl)(Cl)Cl. The van der Waals surface area contributed by atoms with Crippen molar-refractivity contribution in [2.24, 2.45) is 0 Å². The molecule has 0 aromatic heterocycles. The first-order chi connectivity index (χ1) is 10.3. The van der Waals surface area contributed by atoms with Crippen molar-refractivity contribution in [1.82, 2.24) is 0 Å². The molecule has 0 aliphatic carbocycles. The van der Waals surface area contributed by atoms with Crippen LogP contribution in [0.25, 0.3) is 0 Å². The Morgan fingerprint density at radius 3 is 2.18 bits per heavy atom. The molecule has 0 saturated carbocycles. The molecule has 0 aliphatic heterocycles. The molecule has 2 aromatic rings. The molecule has 0 aliphatic rings. The highest BCUT2D eigenvalue weighted by Crippen LogP contribution is 2.30. The maximum Gasteiger partial charge on any atom is 0.276 e. The van der Waals surface area contributed by atoms with E-state index in [9.17, 15) is 9.59 Å². The van der Waals surface area contributed by atoms with Crippen molar-refractivity contribution in [3.8, 4) is 0 Å². The summed E-state index contributed by atoms with van der Waals surface area (Å²) in [6, 6.07) is 13.0. The van der Waals surface area contributed by atoms with Crippen molar-refractivity contribution in [1.29, 1.82) is 0 Å². The summed E-state index contributed by atoms with van der Waals surface area (Å²) in [4.78, 5) is 24.3. The summed E-state index contributed by atoms with van der Waals surface area (Å²) in [5, 5.41) is 2.77. The molecule has 0 unspecified atom stereocenters. The number of ketones is 1. The van der Waals surface area contributed by atoms with Crippen molar-refractivity contribution in [3.05, 3.63) is 64.7 Å². The minimum Gasteiger partial charge on any atom is -0.322 e. The van der Waals surface area contributed by atoms with Gasteiger partial charge in [-0.25, -0.2) is 0 Å². The molecule has 114 valence electrons. The van der Waals surface area contributed by atoms with Gasteiger partial charge < -0.3 is 5.32 Å². The Balaban J connectivity index is 2.41. The number of halogens is 4. The van der Waals surface area contributed by atoms with Crippen LogP contribution in [0.1, 0.15) is 15.9 Å². The summed E-state index contributed by atoms with van der Waals surface area (Å²) in [5.41, 5.74) is 0.880. The van der Waals surface area contributed by atoms with Crippen LogP contribution in [0.2, 0.25) is 5.02 Å². The molecule has 0 bridgehead atoms. The zero-order chi connectivity index (χ0) is 16.3. The zero-order valence-corrected chi connectivity index (χ0v) is 14.0. The van der Waals surface area contributed by atoms with Crippen LogP contribution in [0.15, 0.2) is 48.5 Å². The highest BCUT2D eigenvalue weighted by atomic mass is 35.6. The van der Waals surface area contributed by atoms with Crippen LogP contribution in [0.4, 0.5) is 5.69 Å². The molecule has 22 heavy (non-hydrogen) atoms. The number of hydrogen-bond donors (Lipinski definition) is 1. The van der Waals surface area contributed by atoms with Gasteiger partial charge in [-0.1, -0.05) is 76.7 Å². The van der Waals surface area contributed by atoms with E-state index < -0.39 is 9.70 Å². The first kappa shape index (κ1) is 17.1. The smallest absolute Gasteiger partial charge is 0.276 e. The van der Waals surface area contributed by atoms with Crippen LogP contribution in [0.3, 0.4) is 0 Å². The molecule has 7 heteroatoms. The van der Waals surface area contributed by atoms with Crippen LogP contribution >= 0.6 is 46.4 Å². The maximum absolute atomic E-state index is 12.5. The standard InChI is InChI=1S/C15H9Cl4NO2/c16-10-6-7-12(20-14(22)15(17,18)19)11(8-10)13(21)9-4-2-1-3-5-9/h1-8H,(H,20,22). The minimum absolute atomic E-state index is 0.210. The second kappa shape index (κ2) is 6.88. The Labute approximate surface area is 147 Å². The predicted molar refractivity (Wildman–Crippen MR) is 90.2 cm³/mol. The lowest BCUT2D eigenvalue weighted by atomic mass is 10.0. The normalized spacial score (nSPS) is 11.1. The largest absolute Gasteiger partial charge is 0.322 e. The van der Waals surface area contributed by atoms with E-state index in [0.29, 0.717) is 10.6 Å². The second-order valence-electron chi connectivity index (χ2n) is 4.34. The topological polar surface area (TPSA) is 46.2 Å². The van der Waals surface area contributed by atoms with E-state index in [1.807, 2.05) is 0 Å². The van der Waals surface area contributed by atoms with Crippen molar-refractivity contribution < 1.29 is 9.59 Å². The lowest BCUT2D eigenvalue weighted by Crippen LogP contribution is -2.27. The van der Waals surface area contributed by atoms with Crippen LogP contribution < -0.4 is 5.32 Å². The number of carbonyl (C=O) groups excluding carboxylic acids is 2. The number of anilines is 1.